The smallest absolute Gasteiger partial charge is 0.269 e. The van der Waals surface area contributed by atoms with Crippen LogP contribution in [-0.4, -0.2) is 38.7 Å². The minimum absolute atomic E-state index is 0.0139. The number of carbonyl (C=O) groups is 2. The highest BCUT2D eigenvalue weighted by Gasteiger charge is 2.42. The molecule has 0 fully saturated rings. The molecule has 0 radical (unpaired) electrons. The van der Waals surface area contributed by atoms with E-state index in [1.165, 1.54) is 35.1 Å². The number of nitro groups is 1. The molecule has 0 saturated carbocycles. The van der Waals surface area contributed by atoms with E-state index in [2.05, 4.69) is 15.3 Å². The number of nitrogens with one attached hydrogen (secondary N) is 1. The lowest BCUT2D eigenvalue weighted by atomic mass is 10.1. The van der Waals surface area contributed by atoms with Crippen LogP contribution in [0.3, 0.4) is 0 Å². The topological polar surface area (TPSA) is 130 Å². The molecule has 35 heavy (non-hydrogen) atoms. The number of hydrogen-bond donors (Lipinski definition) is 1. The summed E-state index contributed by atoms with van der Waals surface area (Å²) in [6.45, 7) is 0.230. The molecule has 3 aromatic rings. The van der Waals surface area contributed by atoms with E-state index in [1.54, 1.807) is 24.3 Å². The van der Waals surface area contributed by atoms with E-state index in [1.807, 2.05) is 24.3 Å². The second-order valence-corrected chi connectivity index (χ2v) is 8.77. The highest BCUT2D eigenvalue weighted by molar-refractivity contribution is 8.13. The van der Waals surface area contributed by atoms with Crippen molar-refractivity contribution in [1.29, 1.82) is 0 Å². The number of carbonyl (C=O) groups excluding carboxylic acids is 2. The Hall–Kier alpha value is -4.25. The Labute approximate surface area is 203 Å². The first-order valence-electron chi connectivity index (χ1n) is 10.7. The molecule has 10 nitrogen and oxygen atoms in total. The van der Waals surface area contributed by atoms with E-state index in [0.29, 0.717) is 28.2 Å². The Morgan fingerprint density at radius 2 is 1.94 bits per heavy atom. The van der Waals surface area contributed by atoms with Crippen molar-refractivity contribution >= 4 is 46.0 Å². The van der Waals surface area contributed by atoms with Crippen LogP contribution in [0, 0.1) is 10.1 Å². The predicted molar refractivity (Wildman–Crippen MR) is 130 cm³/mol. The highest BCUT2D eigenvalue weighted by atomic mass is 32.2. The minimum atomic E-state index is -0.863. The minimum Gasteiger partial charge on any atom is -0.467 e. The summed E-state index contributed by atoms with van der Waals surface area (Å²) in [5.41, 5.74) is 2.27. The summed E-state index contributed by atoms with van der Waals surface area (Å²) >= 11 is 1.33. The maximum Gasteiger partial charge on any atom is 0.269 e. The molecule has 2 aliphatic rings. The van der Waals surface area contributed by atoms with Crippen LogP contribution in [0.1, 0.15) is 23.3 Å². The van der Waals surface area contributed by atoms with Crippen molar-refractivity contribution in [2.75, 3.05) is 0 Å². The van der Waals surface area contributed by atoms with Crippen molar-refractivity contribution in [2.45, 2.75) is 24.8 Å². The molecule has 1 atom stereocenters. The number of non-ortho nitro benzene ring substituents is 1. The number of benzene rings is 2. The van der Waals surface area contributed by atoms with E-state index >= 15 is 0 Å². The number of nitro benzene ring substituents is 1. The number of fused-ring (bicyclic) bond motifs is 3. The normalized spacial score (nSPS) is 16.3. The Bertz CT molecular complexity index is 1350. The lowest BCUT2D eigenvalue weighted by Crippen LogP contribution is -2.42. The van der Waals surface area contributed by atoms with Gasteiger partial charge in [-0.15, -0.1) is 0 Å². The van der Waals surface area contributed by atoms with Crippen molar-refractivity contribution < 1.29 is 18.9 Å². The fourth-order valence-corrected chi connectivity index (χ4v) is 4.70. The van der Waals surface area contributed by atoms with Crippen LogP contribution < -0.4 is 5.32 Å². The molecule has 3 heterocycles. The predicted octanol–water partition coefficient (Wildman–Crippen LogP) is 3.79. The van der Waals surface area contributed by atoms with E-state index in [4.69, 9.17) is 4.42 Å². The maximum atomic E-state index is 13.3. The molecule has 1 aromatic heterocycles. The quantitative estimate of drug-likeness (QED) is 0.397. The average molecular weight is 490 g/mol. The van der Waals surface area contributed by atoms with Gasteiger partial charge in [-0.3, -0.25) is 24.7 Å². The number of rotatable bonds is 7. The van der Waals surface area contributed by atoms with Gasteiger partial charge in [0.25, 0.3) is 11.6 Å². The Morgan fingerprint density at radius 3 is 2.69 bits per heavy atom. The SMILES string of the molecule is O=C(C[C@H]1N=C2c3ccccc3N=C(SCc3ccc([N+](=O)[O-])cc3)N2C1=O)NCc1ccco1. The van der Waals surface area contributed by atoms with E-state index < -0.39 is 11.0 Å². The molecule has 0 unspecified atom stereocenters. The summed E-state index contributed by atoms with van der Waals surface area (Å²) in [7, 11) is 0. The fourth-order valence-electron chi connectivity index (χ4n) is 3.74. The van der Waals surface area contributed by atoms with Crippen LogP contribution in [0.4, 0.5) is 11.4 Å². The molecule has 0 spiro atoms. The second kappa shape index (κ2) is 9.55. The third-order valence-corrected chi connectivity index (χ3v) is 6.49. The summed E-state index contributed by atoms with van der Waals surface area (Å²) in [6, 6.07) is 16.2. The van der Waals surface area contributed by atoms with Gasteiger partial charge in [0, 0.05) is 23.4 Å². The van der Waals surface area contributed by atoms with Crippen molar-refractivity contribution in [2.24, 2.45) is 9.98 Å². The van der Waals surface area contributed by atoms with E-state index in [0.717, 1.165) is 11.1 Å². The number of furan rings is 1. The van der Waals surface area contributed by atoms with Crippen molar-refractivity contribution in [3.63, 3.8) is 0 Å². The Morgan fingerprint density at radius 1 is 1.14 bits per heavy atom. The number of aliphatic imine (C=N–C) groups is 2. The number of para-hydroxylation sites is 1. The molecule has 1 N–H and O–H groups in total. The number of amides is 2. The van der Waals surface area contributed by atoms with Crippen LogP contribution in [-0.2, 0) is 21.9 Å². The molecule has 0 aliphatic carbocycles. The molecule has 11 heteroatoms. The van der Waals surface area contributed by atoms with Gasteiger partial charge in [0.2, 0.25) is 5.91 Å². The van der Waals surface area contributed by atoms with Crippen molar-refractivity contribution in [3.05, 3.63) is 93.9 Å². The molecular formula is C24H19N5O5S. The van der Waals surface area contributed by atoms with Gasteiger partial charge in [-0.1, -0.05) is 36.0 Å². The van der Waals surface area contributed by atoms with Crippen LogP contribution in [0.15, 0.2) is 81.3 Å². The van der Waals surface area contributed by atoms with Gasteiger partial charge >= 0.3 is 0 Å². The summed E-state index contributed by atoms with van der Waals surface area (Å²) in [4.78, 5) is 47.0. The van der Waals surface area contributed by atoms with Gasteiger partial charge < -0.3 is 9.73 Å². The molecule has 176 valence electrons. The molecule has 2 amide bonds. The molecular weight excluding hydrogens is 470 g/mol. The van der Waals surface area contributed by atoms with Gasteiger partial charge in [0.15, 0.2) is 5.17 Å². The zero-order chi connectivity index (χ0) is 24.4. The highest BCUT2D eigenvalue weighted by Crippen LogP contribution is 2.35. The number of amidine groups is 2. The molecule has 0 bridgehead atoms. The largest absolute Gasteiger partial charge is 0.467 e. The number of thioether (sulfide) groups is 1. The monoisotopic (exact) mass is 489 g/mol. The number of hydrogen-bond acceptors (Lipinski definition) is 8. The van der Waals surface area contributed by atoms with E-state index in [-0.39, 0.29) is 30.5 Å². The van der Waals surface area contributed by atoms with Crippen LogP contribution >= 0.6 is 11.8 Å². The molecule has 2 aromatic carbocycles. The summed E-state index contributed by atoms with van der Waals surface area (Å²) < 4.78 is 5.22. The standard InChI is InChI=1S/C24H19N5O5S/c30-21(25-13-17-4-3-11-34-17)12-20-23(31)28-22(26-20)18-5-1-2-6-19(18)27-24(28)35-14-15-7-9-16(10-8-15)29(32)33/h1-11,20H,12-14H2,(H,25,30)/t20-/m1/s1. The third kappa shape index (κ3) is 4.71. The van der Waals surface area contributed by atoms with Crippen LogP contribution in [0.5, 0.6) is 0 Å². The molecule has 0 saturated heterocycles. The summed E-state index contributed by atoms with van der Waals surface area (Å²) in [5, 5.41) is 14.1. The Kier molecular flexibility index (Phi) is 6.15. The first-order chi connectivity index (χ1) is 17.0. The summed E-state index contributed by atoms with van der Waals surface area (Å²) in [6.07, 6.45) is 1.43. The second-order valence-electron chi connectivity index (χ2n) is 7.83. The van der Waals surface area contributed by atoms with E-state index in [9.17, 15) is 19.7 Å². The summed E-state index contributed by atoms with van der Waals surface area (Å²) in [5.74, 6) is 0.901. The average Bonchev–Trinajstić information content (AvgIpc) is 3.50. The van der Waals surface area contributed by atoms with Crippen LogP contribution in [0.2, 0.25) is 0 Å². The van der Waals surface area contributed by atoms with Gasteiger partial charge in [0.05, 0.1) is 29.8 Å². The van der Waals surface area contributed by atoms with Gasteiger partial charge in [-0.2, -0.15) is 0 Å². The first kappa shape index (κ1) is 22.5. The third-order valence-electron chi connectivity index (χ3n) is 5.48. The Balaban J connectivity index is 1.33. The first-order valence-corrected chi connectivity index (χ1v) is 11.7. The van der Waals surface area contributed by atoms with Crippen molar-refractivity contribution in [1.82, 2.24) is 10.2 Å². The molecule has 5 rings (SSSR count). The lowest BCUT2D eigenvalue weighted by Gasteiger charge is -2.25. The van der Waals surface area contributed by atoms with Crippen LogP contribution in [0.25, 0.3) is 0 Å². The lowest BCUT2D eigenvalue weighted by molar-refractivity contribution is -0.384. The zero-order valence-corrected chi connectivity index (χ0v) is 19.1. The van der Waals surface area contributed by atoms with Gasteiger partial charge in [-0.25, -0.2) is 9.89 Å². The van der Waals surface area contributed by atoms with Gasteiger partial charge in [0.1, 0.15) is 17.6 Å². The van der Waals surface area contributed by atoms with Crippen molar-refractivity contribution in [3.8, 4) is 0 Å². The number of nitrogens with zero attached hydrogens (tertiary/aromatic N) is 4. The van der Waals surface area contributed by atoms with Gasteiger partial charge in [-0.05, 0) is 29.8 Å². The zero-order valence-electron chi connectivity index (χ0n) is 18.3. The fraction of sp³-hybridized carbons (Fsp3) is 0.167. The molecule has 2 aliphatic heterocycles. The maximum absolute atomic E-state index is 13.3.